The monoisotopic (exact) mass is 341 g/mol. The SMILES string of the molecule is CCOC(=O)NC12C3C4C5C1C2C(Br)(C43)C51OCCO1. The summed E-state index contributed by atoms with van der Waals surface area (Å²) in [7, 11) is 0. The minimum absolute atomic E-state index is 0.0175. The summed E-state index contributed by atoms with van der Waals surface area (Å²) in [6, 6.07) is 0. The Kier molecular flexibility index (Phi) is 1.57. The fourth-order valence-corrected chi connectivity index (χ4v) is 8.73. The number of amides is 1. The summed E-state index contributed by atoms with van der Waals surface area (Å²) in [5.74, 6) is 2.94. The van der Waals surface area contributed by atoms with Crippen LogP contribution in [0.2, 0.25) is 0 Å². The molecule has 6 saturated carbocycles. The lowest BCUT2D eigenvalue weighted by atomic mass is 9.97. The van der Waals surface area contributed by atoms with Crippen LogP contribution < -0.4 is 5.32 Å². The average molecular weight is 342 g/mol. The van der Waals surface area contributed by atoms with Gasteiger partial charge in [-0.3, -0.25) is 0 Å². The standard InChI is InChI=1S/C14H16BrNO4/c1-2-18-11(17)16-12-6-5-7(6)13(15)10(12)9(12)8(5)14(13)19-3-4-20-14/h5-10H,2-4H2,1H3,(H,16,17). The Bertz CT molecular complexity index is 563. The Balaban J connectivity index is 1.40. The second kappa shape index (κ2) is 2.79. The third-order valence-corrected chi connectivity index (χ3v) is 8.54. The van der Waals surface area contributed by atoms with Crippen LogP contribution in [0.25, 0.3) is 0 Å². The molecule has 6 heteroatoms. The summed E-state index contributed by atoms with van der Waals surface area (Å²) in [6.45, 7) is 3.67. The van der Waals surface area contributed by atoms with Crippen molar-refractivity contribution in [2.75, 3.05) is 19.8 Å². The molecule has 6 aliphatic carbocycles. The van der Waals surface area contributed by atoms with Gasteiger partial charge in [-0.2, -0.15) is 0 Å². The van der Waals surface area contributed by atoms with Crippen LogP contribution in [0.15, 0.2) is 0 Å². The fraction of sp³-hybridized carbons (Fsp3) is 0.929. The number of nitrogens with one attached hydrogen (secondary N) is 1. The highest BCUT2D eigenvalue weighted by molar-refractivity contribution is 9.10. The summed E-state index contributed by atoms with van der Waals surface area (Å²) in [5.41, 5.74) is -0.0175. The van der Waals surface area contributed by atoms with Crippen molar-refractivity contribution in [2.45, 2.75) is 22.6 Å². The van der Waals surface area contributed by atoms with Gasteiger partial charge in [-0.15, -0.1) is 0 Å². The molecule has 7 aliphatic rings. The summed E-state index contributed by atoms with van der Waals surface area (Å²) in [5, 5.41) is 3.20. The number of rotatable bonds is 2. The molecule has 0 radical (unpaired) electrons. The molecule has 1 N–H and O–H groups in total. The van der Waals surface area contributed by atoms with Crippen LogP contribution in [-0.4, -0.2) is 41.6 Å². The van der Waals surface area contributed by atoms with Crippen molar-refractivity contribution in [3.05, 3.63) is 0 Å². The topological polar surface area (TPSA) is 56.8 Å². The second-order valence-corrected chi connectivity index (χ2v) is 8.38. The molecule has 8 atom stereocenters. The molecule has 1 aliphatic heterocycles. The highest BCUT2D eigenvalue weighted by Crippen LogP contribution is 3.01. The Morgan fingerprint density at radius 3 is 2.60 bits per heavy atom. The van der Waals surface area contributed by atoms with E-state index < -0.39 is 5.79 Å². The number of alkyl halides is 1. The van der Waals surface area contributed by atoms with Gasteiger partial charge in [0.25, 0.3) is 0 Å². The van der Waals surface area contributed by atoms with Crippen molar-refractivity contribution in [3.63, 3.8) is 0 Å². The zero-order valence-corrected chi connectivity index (χ0v) is 12.7. The minimum Gasteiger partial charge on any atom is -0.450 e. The van der Waals surface area contributed by atoms with Gasteiger partial charge in [0.05, 0.1) is 29.7 Å². The molecule has 0 aromatic heterocycles. The molecule has 8 unspecified atom stereocenters. The number of carbonyl (C=O) groups is 1. The third-order valence-electron chi connectivity index (χ3n) is 6.97. The van der Waals surface area contributed by atoms with Crippen LogP contribution in [0.1, 0.15) is 6.92 Å². The summed E-state index contributed by atoms with van der Waals surface area (Å²) in [4.78, 5) is 11.9. The van der Waals surface area contributed by atoms with Crippen molar-refractivity contribution in [3.8, 4) is 0 Å². The average Bonchev–Trinajstić information content (AvgIpc) is 3.08. The van der Waals surface area contributed by atoms with Gasteiger partial charge in [-0.25, -0.2) is 4.79 Å². The van der Waals surface area contributed by atoms with Crippen LogP contribution in [0, 0.1) is 35.5 Å². The number of carbonyl (C=O) groups excluding carboxylic acids is 1. The van der Waals surface area contributed by atoms with Crippen LogP contribution in [0.3, 0.4) is 0 Å². The van der Waals surface area contributed by atoms with E-state index >= 15 is 0 Å². The molecule has 1 saturated heterocycles. The Hall–Kier alpha value is -0.330. The minimum atomic E-state index is -0.398. The van der Waals surface area contributed by atoms with Crippen molar-refractivity contribution in [1.29, 1.82) is 0 Å². The van der Waals surface area contributed by atoms with Crippen molar-refractivity contribution < 1.29 is 19.0 Å². The van der Waals surface area contributed by atoms with Crippen LogP contribution in [-0.2, 0) is 14.2 Å². The molecule has 7 fully saturated rings. The Labute approximate surface area is 124 Å². The summed E-state index contributed by atoms with van der Waals surface area (Å²) in [6.07, 6.45) is -0.258. The zero-order valence-electron chi connectivity index (χ0n) is 11.1. The van der Waals surface area contributed by atoms with Gasteiger partial charge >= 0.3 is 6.09 Å². The lowest BCUT2D eigenvalue weighted by molar-refractivity contribution is -0.191. The van der Waals surface area contributed by atoms with Crippen molar-refractivity contribution >= 4 is 22.0 Å². The van der Waals surface area contributed by atoms with E-state index in [-0.39, 0.29) is 16.0 Å². The molecular formula is C14H16BrNO4. The van der Waals surface area contributed by atoms with E-state index in [1.54, 1.807) is 0 Å². The molecular weight excluding hydrogens is 326 g/mol. The maximum absolute atomic E-state index is 11.9. The zero-order chi connectivity index (χ0) is 13.5. The van der Waals surface area contributed by atoms with Gasteiger partial charge < -0.3 is 19.5 Å². The first kappa shape index (κ1) is 11.3. The molecule has 0 aromatic carbocycles. The van der Waals surface area contributed by atoms with E-state index in [0.717, 1.165) is 0 Å². The molecule has 1 spiro atoms. The fourth-order valence-electron chi connectivity index (χ4n) is 6.99. The molecule has 0 aromatic rings. The van der Waals surface area contributed by atoms with E-state index in [0.29, 0.717) is 55.3 Å². The van der Waals surface area contributed by atoms with Gasteiger partial charge in [0.1, 0.15) is 0 Å². The number of hydrogen-bond acceptors (Lipinski definition) is 4. The number of ether oxygens (including phenoxy) is 3. The normalized spacial score (nSPS) is 63.9. The summed E-state index contributed by atoms with van der Waals surface area (Å²) < 4.78 is 17.2. The van der Waals surface area contributed by atoms with E-state index in [1.165, 1.54) is 0 Å². The first-order valence-electron chi connectivity index (χ1n) is 7.56. The highest BCUT2D eigenvalue weighted by Gasteiger charge is 3.09. The first-order chi connectivity index (χ1) is 9.64. The van der Waals surface area contributed by atoms with Gasteiger partial charge in [-0.1, -0.05) is 15.9 Å². The van der Waals surface area contributed by atoms with Crippen molar-refractivity contribution in [1.82, 2.24) is 5.32 Å². The van der Waals surface area contributed by atoms with Gasteiger partial charge in [-0.05, 0) is 30.6 Å². The van der Waals surface area contributed by atoms with E-state index in [9.17, 15) is 4.79 Å². The quantitative estimate of drug-likeness (QED) is 0.764. The molecule has 2 bridgehead atoms. The lowest BCUT2D eigenvalue weighted by Crippen LogP contribution is -2.52. The van der Waals surface area contributed by atoms with Gasteiger partial charge in [0.2, 0.25) is 0 Å². The molecule has 20 heavy (non-hydrogen) atoms. The number of alkyl carbamates (subject to hydrolysis) is 1. The highest BCUT2D eigenvalue weighted by atomic mass is 79.9. The third kappa shape index (κ3) is 0.736. The van der Waals surface area contributed by atoms with Gasteiger partial charge in [0.15, 0.2) is 5.79 Å². The van der Waals surface area contributed by atoms with Crippen LogP contribution >= 0.6 is 15.9 Å². The first-order valence-corrected chi connectivity index (χ1v) is 8.35. The second-order valence-electron chi connectivity index (χ2n) is 7.07. The van der Waals surface area contributed by atoms with Crippen LogP contribution in [0.5, 0.6) is 0 Å². The maximum atomic E-state index is 11.9. The lowest BCUT2D eigenvalue weighted by Gasteiger charge is -2.37. The van der Waals surface area contributed by atoms with Crippen molar-refractivity contribution in [2.24, 2.45) is 35.5 Å². The molecule has 7 rings (SSSR count). The maximum Gasteiger partial charge on any atom is 0.407 e. The number of hydrogen-bond donors (Lipinski definition) is 1. The smallest absolute Gasteiger partial charge is 0.407 e. The van der Waals surface area contributed by atoms with E-state index in [1.807, 2.05) is 6.92 Å². The molecule has 1 heterocycles. The predicted molar refractivity (Wildman–Crippen MR) is 70.1 cm³/mol. The number of halogens is 1. The van der Waals surface area contributed by atoms with Gasteiger partial charge in [0, 0.05) is 11.8 Å². The molecule has 1 amide bonds. The van der Waals surface area contributed by atoms with Crippen LogP contribution in [0.4, 0.5) is 4.79 Å². The van der Waals surface area contributed by atoms with E-state index in [4.69, 9.17) is 14.2 Å². The Morgan fingerprint density at radius 1 is 1.30 bits per heavy atom. The molecule has 5 nitrogen and oxygen atoms in total. The molecule has 108 valence electrons. The summed E-state index contributed by atoms with van der Waals surface area (Å²) >= 11 is 4.03. The van der Waals surface area contributed by atoms with E-state index in [2.05, 4.69) is 21.2 Å². The largest absolute Gasteiger partial charge is 0.450 e. The Morgan fingerprint density at radius 2 is 2.05 bits per heavy atom. The predicted octanol–water partition coefficient (Wildman–Crippen LogP) is 1.11.